The van der Waals surface area contributed by atoms with E-state index >= 15 is 0 Å². The molecule has 5 rings (SSSR count). The minimum atomic E-state index is -4.31. The van der Waals surface area contributed by atoms with Gasteiger partial charge in [-0.3, -0.25) is 13.9 Å². The van der Waals surface area contributed by atoms with E-state index in [1.807, 2.05) is 25.2 Å². The number of benzene rings is 3. The predicted octanol–water partition coefficient (Wildman–Crippen LogP) is 4.26. The number of carbonyl (C=O) groups is 2. The van der Waals surface area contributed by atoms with Crippen LogP contribution in [0.1, 0.15) is 30.0 Å². The molecule has 0 unspecified atom stereocenters. The smallest absolute Gasteiger partial charge is 0.265 e. The lowest BCUT2D eigenvalue weighted by atomic mass is 9.98. The normalized spacial score (nSPS) is 18.4. The van der Waals surface area contributed by atoms with Gasteiger partial charge in [0.15, 0.2) is 0 Å². The number of para-hydroxylation sites is 2. The Balaban J connectivity index is 1.44. The Hall–Kier alpha value is -3.31. The molecule has 0 spiro atoms. The second kappa shape index (κ2) is 11.1. The highest BCUT2D eigenvalue weighted by atomic mass is 35.5. The van der Waals surface area contributed by atoms with E-state index in [-0.39, 0.29) is 26.7 Å². The molecule has 0 aromatic heterocycles. The fourth-order valence-corrected chi connectivity index (χ4v) is 6.83. The van der Waals surface area contributed by atoms with Crippen LogP contribution >= 0.6 is 23.2 Å². The first kappa shape index (κ1) is 27.3. The zero-order valence-corrected chi connectivity index (χ0v) is 23.2. The molecular formula is C27H26Cl2N4O5S. The number of nitrogens with one attached hydrogen (secondary N) is 3. The molecule has 204 valence electrons. The summed E-state index contributed by atoms with van der Waals surface area (Å²) < 4.78 is 34.6. The highest BCUT2D eigenvalue weighted by Gasteiger charge is 2.42. The first-order chi connectivity index (χ1) is 18.7. The minimum absolute atomic E-state index is 0.0536. The maximum atomic E-state index is 13.9. The van der Waals surface area contributed by atoms with Crippen molar-refractivity contribution in [1.82, 2.24) is 10.6 Å². The first-order valence-corrected chi connectivity index (χ1v) is 14.5. The van der Waals surface area contributed by atoms with Crippen molar-refractivity contribution in [2.45, 2.75) is 36.4 Å². The van der Waals surface area contributed by atoms with E-state index in [2.05, 4.69) is 16.0 Å². The molecule has 0 fully saturated rings. The van der Waals surface area contributed by atoms with E-state index in [1.54, 1.807) is 24.3 Å². The lowest BCUT2D eigenvalue weighted by Crippen LogP contribution is -2.53. The lowest BCUT2D eigenvalue weighted by molar-refractivity contribution is -0.125. The van der Waals surface area contributed by atoms with Crippen molar-refractivity contribution in [2.24, 2.45) is 0 Å². The monoisotopic (exact) mass is 588 g/mol. The molecule has 2 aliphatic heterocycles. The Morgan fingerprint density at radius 2 is 1.90 bits per heavy atom. The Morgan fingerprint density at radius 3 is 2.67 bits per heavy atom. The summed E-state index contributed by atoms with van der Waals surface area (Å²) in [5.41, 5.74) is 2.44. The Morgan fingerprint density at radius 1 is 1.10 bits per heavy atom. The fraction of sp³-hybridized carbons (Fsp3) is 0.259. The maximum absolute atomic E-state index is 13.9. The number of hydrogen-bond acceptors (Lipinski definition) is 6. The van der Waals surface area contributed by atoms with E-state index in [0.29, 0.717) is 31.0 Å². The first-order valence-electron chi connectivity index (χ1n) is 12.3. The topological polar surface area (TPSA) is 117 Å². The highest BCUT2D eigenvalue weighted by Crippen LogP contribution is 2.39. The second-order valence-corrected chi connectivity index (χ2v) is 11.9. The summed E-state index contributed by atoms with van der Waals surface area (Å²) in [6.07, 6.45) is 0.139. The third-order valence-electron chi connectivity index (χ3n) is 6.65. The molecule has 0 saturated heterocycles. The van der Waals surface area contributed by atoms with Crippen LogP contribution in [-0.2, 0) is 26.2 Å². The number of sulfonamides is 1. The standard InChI is InChI=1S/C27H26Cl2N4O5S/c1-30-15-16-6-8-18-21(10-11-38-25(18)12-16)31-26(34)14-24-27(35)32-22-4-2-3-5-23(22)33(24)39(36,37)17-7-9-19(28)20(29)13-17/h2-9,12-13,21,24,30H,10-11,14-15H2,1H3,(H,31,34)(H,32,35)/t21-,24-/m1/s1. The van der Waals surface area contributed by atoms with Gasteiger partial charge in [0.25, 0.3) is 10.0 Å². The molecule has 12 heteroatoms. The van der Waals surface area contributed by atoms with Gasteiger partial charge < -0.3 is 20.7 Å². The molecule has 3 N–H and O–H groups in total. The van der Waals surface area contributed by atoms with Crippen LogP contribution in [0.2, 0.25) is 10.0 Å². The Bertz CT molecular complexity index is 1550. The number of amides is 2. The van der Waals surface area contributed by atoms with E-state index in [1.165, 1.54) is 18.2 Å². The van der Waals surface area contributed by atoms with Crippen LogP contribution in [0.3, 0.4) is 0 Å². The molecule has 2 aliphatic rings. The van der Waals surface area contributed by atoms with Crippen LogP contribution in [0, 0.1) is 0 Å². The molecule has 0 saturated carbocycles. The molecule has 3 aromatic carbocycles. The quantitative estimate of drug-likeness (QED) is 0.380. The minimum Gasteiger partial charge on any atom is -0.493 e. The number of halogens is 2. The van der Waals surface area contributed by atoms with Gasteiger partial charge in [0.05, 0.1) is 45.4 Å². The van der Waals surface area contributed by atoms with Crippen LogP contribution in [0.15, 0.2) is 65.6 Å². The van der Waals surface area contributed by atoms with E-state index in [4.69, 9.17) is 27.9 Å². The van der Waals surface area contributed by atoms with Gasteiger partial charge in [-0.2, -0.15) is 0 Å². The third kappa shape index (κ3) is 5.42. The predicted molar refractivity (Wildman–Crippen MR) is 150 cm³/mol. The lowest BCUT2D eigenvalue weighted by Gasteiger charge is -2.37. The summed E-state index contributed by atoms with van der Waals surface area (Å²) in [6.45, 7) is 1.09. The largest absolute Gasteiger partial charge is 0.493 e. The maximum Gasteiger partial charge on any atom is 0.265 e. The van der Waals surface area contributed by atoms with Gasteiger partial charge in [-0.25, -0.2) is 8.42 Å². The van der Waals surface area contributed by atoms with E-state index < -0.39 is 34.3 Å². The van der Waals surface area contributed by atoms with Crippen LogP contribution < -0.4 is 25.0 Å². The molecule has 0 aliphatic carbocycles. The van der Waals surface area contributed by atoms with Crippen LogP contribution in [0.4, 0.5) is 11.4 Å². The van der Waals surface area contributed by atoms with Gasteiger partial charge in [-0.05, 0) is 49.0 Å². The average Bonchev–Trinajstić information content (AvgIpc) is 2.90. The third-order valence-corrected chi connectivity index (χ3v) is 9.20. The number of ether oxygens (including phenoxy) is 1. The van der Waals surface area contributed by atoms with Crippen molar-refractivity contribution in [3.8, 4) is 5.75 Å². The summed E-state index contributed by atoms with van der Waals surface area (Å²) in [5.74, 6) is -0.398. The second-order valence-electron chi connectivity index (χ2n) is 9.26. The molecule has 2 atom stereocenters. The van der Waals surface area contributed by atoms with Gasteiger partial charge in [0.2, 0.25) is 11.8 Å². The molecule has 39 heavy (non-hydrogen) atoms. The fourth-order valence-electron chi connectivity index (χ4n) is 4.81. The van der Waals surface area contributed by atoms with Gasteiger partial charge in [-0.1, -0.05) is 47.5 Å². The van der Waals surface area contributed by atoms with E-state index in [9.17, 15) is 18.0 Å². The van der Waals surface area contributed by atoms with Gasteiger partial charge >= 0.3 is 0 Å². The van der Waals surface area contributed by atoms with E-state index in [0.717, 1.165) is 15.4 Å². The molecule has 2 amide bonds. The van der Waals surface area contributed by atoms with Crippen molar-refractivity contribution in [1.29, 1.82) is 0 Å². The molecule has 0 radical (unpaired) electrons. The number of anilines is 2. The van der Waals surface area contributed by atoms with Crippen molar-refractivity contribution in [3.63, 3.8) is 0 Å². The van der Waals surface area contributed by atoms with Crippen molar-refractivity contribution in [3.05, 3.63) is 81.8 Å². The molecule has 0 bridgehead atoms. The Kier molecular flexibility index (Phi) is 7.73. The number of fused-ring (bicyclic) bond motifs is 2. The summed E-state index contributed by atoms with van der Waals surface area (Å²) in [7, 11) is -2.46. The molecule has 9 nitrogen and oxygen atoms in total. The summed E-state index contributed by atoms with van der Waals surface area (Å²) in [4.78, 5) is 26.4. The molecule has 2 heterocycles. The van der Waals surface area contributed by atoms with Crippen LogP contribution in [-0.4, -0.2) is 39.9 Å². The molecular weight excluding hydrogens is 563 g/mol. The van der Waals surface area contributed by atoms with Crippen LogP contribution in [0.5, 0.6) is 5.75 Å². The SMILES string of the molecule is CNCc1ccc2c(c1)OCC[C@H]2NC(=O)C[C@@H]1C(=O)Nc2ccccc2N1S(=O)(=O)c1ccc(Cl)c(Cl)c1. The van der Waals surface area contributed by atoms with Crippen LogP contribution in [0.25, 0.3) is 0 Å². The van der Waals surface area contributed by atoms with Crippen molar-refractivity contribution >= 4 is 56.4 Å². The van der Waals surface area contributed by atoms with Crippen molar-refractivity contribution in [2.75, 3.05) is 23.3 Å². The average molecular weight is 590 g/mol. The van der Waals surface area contributed by atoms with Crippen molar-refractivity contribution < 1.29 is 22.7 Å². The number of hydrogen-bond donors (Lipinski definition) is 3. The zero-order chi connectivity index (χ0) is 27.7. The number of carbonyl (C=O) groups excluding carboxylic acids is 2. The van der Waals surface area contributed by atoms with Gasteiger partial charge in [0, 0.05) is 18.5 Å². The summed E-state index contributed by atoms with van der Waals surface area (Å²) in [5, 5.41) is 9.04. The van der Waals surface area contributed by atoms with Gasteiger partial charge in [0.1, 0.15) is 11.8 Å². The zero-order valence-electron chi connectivity index (χ0n) is 20.9. The number of rotatable bonds is 7. The highest BCUT2D eigenvalue weighted by molar-refractivity contribution is 7.93. The van der Waals surface area contributed by atoms with Gasteiger partial charge in [-0.15, -0.1) is 0 Å². The molecule has 3 aromatic rings. The summed E-state index contributed by atoms with van der Waals surface area (Å²) >= 11 is 12.1. The summed E-state index contributed by atoms with van der Waals surface area (Å²) in [6, 6.07) is 14.6. The Labute approximate surface area is 236 Å². The number of nitrogens with zero attached hydrogens (tertiary/aromatic N) is 1.